The van der Waals surface area contributed by atoms with E-state index in [1.165, 1.54) is 0 Å². The Morgan fingerprint density at radius 1 is 1.43 bits per heavy atom. The van der Waals surface area contributed by atoms with Gasteiger partial charge in [0, 0.05) is 6.54 Å². The summed E-state index contributed by atoms with van der Waals surface area (Å²) in [4.78, 5) is 0. The first-order chi connectivity index (χ1) is 6.27. The normalized spacial score (nSPS) is 17.0. The van der Waals surface area contributed by atoms with Crippen molar-refractivity contribution >= 4 is 9.84 Å². The predicted octanol–water partition coefficient (Wildman–Crippen LogP) is 1.28. The molecule has 2 N–H and O–H groups in total. The van der Waals surface area contributed by atoms with Gasteiger partial charge in [-0.05, 0) is 26.7 Å². The zero-order valence-corrected chi connectivity index (χ0v) is 9.90. The fraction of sp³-hybridized carbons (Fsp3) is 1.00. The van der Waals surface area contributed by atoms with Gasteiger partial charge in [0.05, 0.1) is 11.0 Å². The van der Waals surface area contributed by atoms with E-state index in [1.54, 1.807) is 20.8 Å². The van der Waals surface area contributed by atoms with E-state index >= 15 is 0 Å². The van der Waals surface area contributed by atoms with Crippen LogP contribution in [0.3, 0.4) is 0 Å². The molecule has 3 nitrogen and oxygen atoms in total. The minimum atomic E-state index is -3.15. The van der Waals surface area contributed by atoms with Crippen LogP contribution in [0.2, 0.25) is 0 Å². The fourth-order valence-electron chi connectivity index (χ4n) is 0.984. The molecule has 0 rings (SSSR count). The van der Waals surface area contributed by atoms with E-state index < -0.39 is 20.8 Å². The molecule has 0 aromatic heterocycles. The third kappa shape index (κ3) is 3.92. The van der Waals surface area contributed by atoms with Crippen molar-refractivity contribution in [3.63, 3.8) is 0 Å². The third-order valence-corrected chi connectivity index (χ3v) is 4.76. The quantitative estimate of drug-likeness (QED) is 0.740. The molecule has 0 spiro atoms. The minimum absolute atomic E-state index is 0.000509. The molecule has 0 radical (unpaired) electrons. The molecule has 5 heteroatoms. The summed E-state index contributed by atoms with van der Waals surface area (Å²) in [5.41, 5.74) is 3.73. The van der Waals surface area contributed by atoms with Crippen molar-refractivity contribution < 1.29 is 12.8 Å². The zero-order chi connectivity index (χ0) is 11.4. The smallest absolute Gasteiger partial charge is 0.152 e. The van der Waals surface area contributed by atoms with Gasteiger partial charge in [-0.2, -0.15) is 0 Å². The van der Waals surface area contributed by atoms with Gasteiger partial charge in [0.2, 0.25) is 0 Å². The highest BCUT2D eigenvalue weighted by molar-refractivity contribution is 7.91. The SMILES string of the molecule is CCC(F)(CN)CCS(=O)(=O)C(C)C. The van der Waals surface area contributed by atoms with Crippen LogP contribution in [-0.4, -0.2) is 31.6 Å². The molecular formula is C9H20FNO2S. The van der Waals surface area contributed by atoms with Gasteiger partial charge in [0.25, 0.3) is 0 Å². The highest BCUT2D eigenvalue weighted by Crippen LogP contribution is 2.20. The Morgan fingerprint density at radius 3 is 2.21 bits per heavy atom. The molecule has 1 atom stereocenters. The topological polar surface area (TPSA) is 60.2 Å². The van der Waals surface area contributed by atoms with Gasteiger partial charge in [-0.25, -0.2) is 12.8 Å². The molecule has 0 heterocycles. The Hall–Kier alpha value is -0.160. The molecular weight excluding hydrogens is 205 g/mol. The van der Waals surface area contributed by atoms with Crippen molar-refractivity contribution in [2.75, 3.05) is 12.3 Å². The van der Waals surface area contributed by atoms with Crippen molar-refractivity contribution in [2.24, 2.45) is 5.73 Å². The summed E-state index contributed by atoms with van der Waals surface area (Å²) >= 11 is 0. The largest absolute Gasteiger partial charge is 0.328 e. The summed E-state index contributed by atoms with van der Waals surface area (Å²) in [6, 6.07) is 0. The Bertz CT molecular complexity index is 258. The summed E-state index contributed by atoms with van der Waals surface area (Å²) < 4.78 is 36.5. The van der Waals surface area contributed by atoms with E-state index in [0.717, 1.165) is 0 Å². The Labute approximate surface area is 85.8 Å². The number of hydrogen-bond acceptors (Lipinski definition) is 3. The van der Waals surface area contributed by atoms with E-state index in [1.807, 2.05) is 0 Å². The lowest BCUT2D eigenvalue weighted by Crippen LogP contribution is -2.35. The molecule has 1 unspecified atom stereocenters. The lowest BCUT2D eigenvalue weighted by molar-refractivity contribution is 0.162. The van der Waals surface area contributed by atoms with E-state index in [2.05, 4.69) is 0 Å². The van der Waals surface area contributed by atoms with Crippen LogP contribution in [0.4, 0.5) is 4.39 Å². The highest BCUT2D eigenvalue weighted by atomic mass is 32.2. The first kappa shape index (κ1) is 13.8. The maximum atomic E-state index is 13.7. The standard InChI is InChI=1S/C9H20FNO2S/c1-4-9(10,7-11)5-6-14(12,13)8(2)3/h8H,4-7,11H2,1-3H3. The van der Waals surface area contributed by atoms with Crippen LogP contribution in [0.15, 0.2) is 0 Å². The average Bonchev–Trinajstić information content (AvgIpc) is 2.14. The second-order valence-corrected chi connectivity index (χ2v) is 6.55. The van der Waals surface area contributed by atoms with Gasteiger partial charge in [-0.3, -0.25) is 0 Å². The lowest BCUT2D eigenvalue weighted by Gasteiger charge is -2.21. The maximum absolute atomic E-state index is 13.7. The van der Waals surface area contributed by atoms with Crippen LogP contribution in [0, 0.1) is 0 Å². The highest BCUT2D eigenvalue weighted by Gasteiger charge is 2.28. The molecule has 0 bridgehead atoms. The van der Waals surface area contributed by atoms with Gasteiger partial charge in [0.15, 0.2) is 9.84 Å². The summed E-state index contributed by atoms with van der Waals surface area (Å²) in [6.45, 7) is 4.76. The first-order valence-corrected chi connectivity index (χ1v) is 6.59. The average molecular weight is 225 g/mol. The zero-order valence-electron chi connectivity index (χ0n) is 9.09. The number of rotatable bonds is 6. The van der Waals surface area contributed by atoms with Crippen LogP contribution >= 0.6 is 0 Å². The fourth-order valence-corrected chi connectivity index (χ4v) is 2.11. The summed E-state index contributed by atoms with van der Waals surface area (Å²) in [7, 11) is -3.15. The van der Waals surface area contributed by atoms with Gasteiger partial charge >= 0.3 is 0 Å². The number of alkyl halides is 1. The molecule has 0 saturated heterocycles. The van der Waals surface area contributed by atoms with Crippen molar-refractivity contribution in [2.45, 2.75) is 44.5 Å². The van der Waals surface area contributed by atoms with Crippen molar-refractivity contribution in [3.8, 4) is 0 Å². The minimum Gasteiger partial charge on any atom is -0.328 e. The third-order valence-electron chi connectivity index (χ3n) is 2.55. The van der Waals surface area contributed by atoms with Gasteiger partial charge in [-0.1, -0.05) is 6.92 Å². The van der Waals surface area contributed by atoms with Crippen LogP contribution in [-0.2, 0) is 9.84 Å². The number of halogens is 1. The van der Waals surface area contributed by atoms with Crippen molar-refractivity contribution in [1.82, 2.24) is 0 Å². The van der Waals surface area contributed by atoms with Crippen molar-refractivity contribution in [3.05, 3.63) is 0 Å². The Kier molecular flexibility index (Phi) is 5.01. The molecule has 0 aromatic carbocycles. The number of nitrogens with two attached hydrogens (primary N) is 1. The van der Waals surface area contributed by atoms with Crippen LogP contribution in [0.1, 0.15) is 33.6 Å². The summed E-state index contributed by atoms with van der Waals surface area (Å²) in [5.74, 6) is -0.119. The number of hydrogen-bond donors (Lipinski definition) is 1. The molecule has 0 fully saturated rings. The Balaban J connectivity index is 4.31. The molecule has 0 aliphatic rings. The first-order valence-electron chi connectivity index (χ1n) is 4.88. The lowest BCUT2D eigenvalue weighted by atomic mass is 10.0. The van der Waals surface area contributed by atoms with Gasteiger partial charge in [0.1, 0.15) is 5.67 Å². The summed E-state index contributed by atoms with van der Waals surface area (Å²) in [5, 5.41) is -0.443. The summed E-state index contributed by atoms with van der Waals surface area (Å²) in [6.07, 6.45) is 0.262. The second-order valence-electron chi connectivity index (χ2n) is 3.87. The predicted molar refractivity (Wildman–Crippen MR) is 56.7 cm³/mol. The monoisotopic (exact) mass is 225 g/mol. The Morgan fingerprint density at radius 2 is 1.93 bits per heavy atom. The van der Waals surface area contributed by atoms with E-state index in [9.17, 15) is 12.8 Å². The second kappa shape index (κ2) is 5.07. The van der Waals surface area contributed by atoms with E-state index in [-0.39, 0.29) is 25.1 Å². The molecule has 0 amide bonds. The maximum Gasteiger partial charge on any atom is 0.152 e. The van der Waals surface area contributed by atoms with Crippen LogP contribution < -0.4 is 5.73 Å². The van der Waals surface area contributed by atoms with Crippen LogP contribution in [0.25, 0.3) is 0 Å². The number of sulfone groups is 1. The van der Waals surface area contributed by atoms with Crippen molar-refractivity contribution in [1.29, 1.82) is 0 Å². The molecule has 0 aromatic rings. The van der Waals surface area contributed by atoms with E-state index in [4.69, 9.17) is 5.73 Å². The van der Waals surface area contributed by atoms with Crippen LogP contribution in [0.5, 0.6) is 0 Å². The molecule has 0 aliphatic carbocycles. The van der Waals surface area contributed by atoms with Gasteiger partial charge in [-0.15, -0.1) is 0 Å². The van der Waals surface area contributed by atoms with E-state index in [0.29, 0.717) is 0 Å². The molecule has 14 heavy (non-hydrogen) atoms. The molecule has 86 valence electrons. The molecule has 0 aliphatic heterocycles. The molecule has 0 saturated carbocycles. The van der Waals surface area contributed by atoms with Gasteiger partial charge < -0.3 is 5.73 Å².